The van der Waals surface area contributed by atoms with Crippen LogP contribution in [0.5, 0.6) is 5.75 Å². The molecule has 0 atom stereocenters. The normalized spacial score (nSPS) is 15.6. The number of hydrogen-bond donors (Lipinski definition) is 0. The molecule has 1 amide bonds. The zero-order chi connectivity index (χ0) is 22.8. The van der Waals surface area contributed by atoms with Crippen molar-refractivity contribution in [1.29, 1.82) is 0 Å². The van der Waals surface area contributed by atoms with E-state index in [1.54, 1.807) is 31.2 Å². The highest BCUT2D eigenvalue weighted by atomic mass is 19.4. The summed E-state index contributed by atoms with van der Waals surface area (Å²) in [6, 6.07) is 11.9. The molecule has 2 aromatic carbocycles. The van der Waals surface area contributed by atoms with Gasteiger partial charge in [0.15, 0.2) is 0 Å². The minimum atomic E-state index is -4.61. The number of nitrogens with zero attached hydrogens (tertiary/aromatic N) is 1. The van der Waals surface area contributed by atoms with Crippen LogP contribution in [-0.4, -0.2) is 31.0 Å². The summed E-state index contributed by atoms with van der Waals surface area (Å²) in [5.74, 6) is -0.729. The van der Waals surface area contributed by atoms with E-state index in [-0.39, 0.29) is 23.3 Å². The monoisotopic (exact) mass is 431 g/mol. The highest BCUT2D eigenvalue weighted by molar-refractivity contribution is 6.16. The molecule has 0 aliphatic carbocycles. The van der Waals surface area contributed by atoms with Crippen LogP contribution in [0.25, 0.3) is 6.08 Å². The fraction of sp³-hybridized carbons (Fsp3) is 0.217. The summed E-state index contributed by atoms with van der Waals surface area (Å²) in [5, 5.41) is 0. The summed E-state index contributed by atoms with van der Waals surface area (Å²) in [7, 11) is 2.69. The van der Waals surface area contributed by atoms with E-state index in [2.05, 4.69) is 0 Å². The molecule has 5 nitrogen and oxygen atoms in total. The summed E-state index contributed by atoms with van der Waals surface area (Å²) >= 11 is 0. The largest absolute Gasteiger partial charge is 0.497 e. The first-order valence-electron chi connectivity index (χ1n) is 9.29. The topological polar surface area (TPSA) is 55.8 Å². The third-order valence-electron chi connectivity index (χ3n) is 4.97. The van der Waals surface area contributed by atoms with E-state index < -0.39 is 23.6 Å². The van der Waals surface area contributed by atoms with E-state index in [9.17, 15) is 22.8 Å². The van der Waals surface area contributed by atoms with E-state index in [0.29, 0.717) is 11.4 Å². The molecule has 0 saturated heterocycles. The molecule has 1 heterocycles. The maximum Gasteiger partial charge on any atom is 0.416 e. The van der Waals surface area contributed by atoms with E-state index in [4.69, 9.17) is 9.47 Å². The van der Waals surface area contributed by atoms with Gasteiger partial charge in [-0.2, -0.15) is 13.2 Å². The van der Waals surface area contributed by atoms with Crippen LogP contribution in [0.4, 0.5) is 13.2 Å². The van der Waals surface area contributed by atoms with Gasteiger partial charge in [0, 0.05) is 5.70 Å². The number of allylic oxidation sites excluding steroid dienone is 1. The Hall–Kier alpha value is -3.55. The lowest BCUT2D eigenvalue weighted by atomic mass is 10.00. The van der Waals surface area contributed by atoms with Crippen LogP contribution in [0.15, 0.2) is 65.4 Å². The summed E-state index contributed by atoms with van der Waals surface area (Å²) in [6.07, 6.45) is -3.52. The Morgan fingerprint density at radius 1 is 1.06 bits per heavy atom. The zero-order valence-corrected chi connectivity index (χ0v) is 17.1. The van der Waals surface area contributed by atoms with Gasteiger partial charge in [0.2, 0.25) is 0 Å². The van der Waals surface area contributed by atoms with E-state index >= 15 is 0 Å². The van der Waals surface area contributed by atoms with Crippen molar-refractivity contribution < 1.29 is 32.2 Å². The number of methoxy groups -OCH3 is 2. The molecule has 162 valence electrons. The molecule has 31 heavy (non-hydrogen) atoms. The van der Waals surface area contributed by atoms with Crippen molar-refractivity contribution in [2.24, 2.45) is 0 Å². The van der Waals surface area contributed by atoms with E-state index in [0.717, 1.165) is 24.8 Å². The lowest BCUT2D eigenvalue weighted by Crippen LogP contribution is -2.24. The molecule has 0 N–H and O–H groups in total. The van der Waals surface area contributed by atoms with Crippen molar-refractivity contribution in [3.63, 3.8) is 0 Å². The van der Waals surface area contributed by atoms with Crippen LogP contribution in [0, 0.1) is 0 Å². The van der Waals surface area contributed by atoms with Crippen LogP contribution in [-0.2, 0) is 27.0 Å². The predicted molar refractivity (Wildman–Crippen MR) is 108 cm³/mol. The SMILES string of the molecule is COC(=O)C1=C(C)N(Cc2ccc(OC)cc2)C(=O)/C1=C\c1ccccc1C(F)(F)F. The summed E-state index contributed by atoms with van der Waals surface area (Å²) in [5.41, 5.74) is -0.241. The van der Waals surface area contributed by atoms with Crippen LogP contribution < -0.4 is 4.74 Å². The van der Waals surface area contributed by atoms with Crippen molar-refractivity contribution in [2.45, 2.75) is 19.6 Å². The molecule has 3 rings (SSSR count). The summed E-state index contributed by atoms with van der Waals surface area (Å²) in [6.45, 7) is 1.69. The maximum atomic E-state index is 13.4. The third kappa shape index (κ3) is 4.47. The van der Waals surface area contributed by atoms with Gasteiger partial charge in [-0.15, -0.1) is 0 Å². The molecule has 0 radical (unpaired) electrons. The summed E-state index contributed by atoms with van der Waals surface area (Å²) in [4.78, 5) is 26.9. The second-order valence-corrected chi connectivity index (χ2v) is 6.83. The molecule has 0 unspecified atom stereocenters. The molecule has 8 heteroatoms. The smallest absolute Gasteiger partial charge is 0.416 e. The zero-order valence-electron chi connectivity index (χ0n) is 17.1. The van der Waals surface area contributed by atoms with Gasteiger partial charge in [0.25, 0.3) is 5.91 Å². The number of halogens is 3. The minimum absolute atomic E-state index is 0.0574. The van der Waals surface area contributed by atoms with Crippen molar-refractivity contribution in [2.75, 3.05) is 14.2 Å². The molecule has 2 aromatic rings. The van der Waals surface area contributed by atoms with Crippen molar-refractivity contribution in [3.8, 4) is 5.75 Å². The van der Waals surface area contributed by atoms with E-state index in [1.165, 1.54) is 30.2 Å². The number of esters is 1. The van der Waals surface area contributed by atoms with Crippen molar-refractivity contribution >= 4 is 18.0 Å². The predicted octanol–water partition coefficient (Wildman–Crippen LogP) is 4.59. The molecule has 1 aliphatic heterocycles. The molecule has 1 aliphatic rings. The van der Waals surface area contributed by atoms with Crippen LogP contribution >= 0.6 is 0 Å². The number of rotatable bonds is 5. The van der Waals surface area contributed by atoms with E-state index in [1.807, 2.05) is 0 Å². The maximum absolute atomic E-state index is 13.4. The molecule has 0 spiro atoms. The average molecular weight is 431 g/mol. The molecule has 0 aromatic heterocycles. The fourth-order valence-corrected chi connectivity index (χ4v) is 3.37. The Labute approximate surface area is 177 Å². The average Bonchev–Trinajstić information content (AvgIpc) is 2.97. The minimum Gasteiger partial charge on any atom is -0.497 e. The van der Waals surface area contributed by atoms with Gasteiger partial charge >= 0.3 is 12.1 Å². The Bertz CT molecular complexity index is 1070. The number of carbonyl (C=O) groups is 2. The van der Waals surface area contributed by atoms with Gasteiger partial charge in [-0.1, -0.05) is 30.3 Å². The first-order valence-corrected chi connectivity index (χ1v) is 9.29. The van der Waals surface area contributed by atoms with Crippen molar-refractivity contribution in [1.82, 2.24) is 4.90 Å². The highest BCUT2D eigenvalue weighted by Crippen LogP contribution is 2.37. The van der Waals surface area contributed by atoms with Gasteiger partial charge in [-0.05, 0) is 42.3 Å². The van der Waals surface area contributed by atoms with Gasteiger partial charge in [0.05, 0.1) is 37.5 Å². The van der Waals surface area contributed by atoms with Gasteiger partial charge in [0.1, 0.15) is 5.75 Å². The Morgan fingerprint density at radius 3 is 2.29 bits per heavy atom. The molecular formula is C23H20F3NO4. The summed E-state index contributed by atoms with van der Waals surface area (Å²) < 4.78 is 50.1. The number of alkyl halides is 3. The number of ether oxygens (including phenoxy) is 2. The molecular weight excluding hydrogens is 411 g/mol. The molecule has 0 bridgehead atoms. The van der Waals surface area contributed by atoms with Crippen LogP contribution in [0.3, 0.4) is 0 Å². The number of carbonyl (C=O) groups excluding carboxylic acids is 2. The number of hydrogen-bond acceptors (Lipinski definition) is 4. The second kappa shape index (κ2) is 8.67. The lowest BCUT2D eigenvalue weighted by Gasteiger charge is -2.18. The fourth-order valence-electron chi connectivity index (χ4n) is 3.37. The number of amides is 1. The lowest BCUT2D eigenvalue weighted by molar-refractivity contribution is -0.138. The standard InChI is InChI=1S/C23H20F3NO4/c1-14-20(22(29)31-3)18(12-16-6-4-5-7-19(16)23(24,25)26)21(28)27(14)13-15-8-10-17(30-2)11-9-15/h4-12H,13H2,1-3H3/b18-12-. The van der Waals surface area contributed by atoms with Gasteiger partial charge in [-0.25, -0.2) is 4.79 Å². The van der Waals surface area contributed by atoms with Gasteiger partial charge in [-0.3, -0.25) is 4.79 Å². The quantitative estimate of drug-likeness (QED) is 0.514. The molecule has 0 saturated carbocycles. The molecule has 0 fully saturated rings. The first kappa shape index (κ1) is 22.1. The first-order chi connectivity index (χ1) is 14.7. The van der Waals surface area contributed by atoms with Crippen molar-refractivity contribution in [3.05, 3.63) is 82.1 Å². The van der Waals surface area contributed by atoms with Gasteiger partial charge < -0.3 is 14.4 Å². The van der Waals surface area contributed by atoms with Crippen LogP contribution in [0.1, 0.15) is 23.6 Å². The second-order valence-electron chi connectivity index (χ2n) is 6.83. The van der Waals surface area contributed by atoms with Crippen LogP contribution in [0.2, 0.25) is 0 Å². The Morgan fingerprint density at radius 2 is 1.71 bits per heavy atom. The Balaban J connectivity index is 2.06. The number of benzene rings is 2. The Kier molecular flexibility index (Phi) is 6.19. The third-order valence-corrected chi connectivity index (χ3v) is 4.97. The highest BCUT2D eigenvalue weighted by Gasteiger charge is 2.38.